The van der Waals surface area contributed by atoms with Crippen LogP contribution < -0.4 is 0 Å². The molecule has 2 rings (SSSR count). The maximum absolute atomic E-state index is 13.9. The summed E-state index contributed by atoms with van der Waals surface area (Å²) < 4.78 is 228. The Morgan fingerprint density at radius 1 is 0.513 bits per heavy atom. The number of alkyl halides is 17. The summed E-state index contributed by atoms with van der Waals surface area (Å²) in [5.41, 5.74) is -1.12. The van der Waals surface area contributed by atoms with Gasteiger partial charge in [-0.25, -0.2) is 4.79 Å². The normalized spacial score (nSPS) is 14.7. The number of ether oxygens (including phenoxy) is 1. The number of fused-ring (bicyclic) bond motifs is 1. The van der Waals surface area contributed by atoms with Gasteiger partial charge in [0.25, 0.3) is 0 Å². The van der Waals surface area contributed by atoms with Gasteiger partial charge in [-0.15, -0.1) is 0 Å². The average molecular weight is 614 g/mol. The van der Waals surface area contributed by atoms with Crippen molar-refractivity contribution in [3.05, 3.63) is 48.0 Å². The van der Waals surface area contributed by atoms with Crippen molar-refractivity contribution in [3.8, 4) is 0 Å². The van der Waals surface area contributed by atoms with Crippen LogP contribution in [0.4, 0.5) is 74.6 Å². The van der Waals surface area contributed by atoms with Crippen LogP contribution in [0.5, 0.6) is 0 Å². The quantitative estimate of drug-likeness (QED) is 0.177. The van der Waals surface area contributed by atoms with Crippen LogP contribution in [-0.2, 0) is 4.74 Å². The van der Waals surface area contributed by atoms with Crippen LogP contribution in [0.15, 0.2) is 42.5 Å². The van der Waals surface area contributed by atoms with Crippen LogP contribution in [0.2, 0.25) is 0 Å². The van der Waals surface area contributed by atoms with E-state index in [0.717, 1.165) is 18.2 Å². The molecule has 0 atom stereocenters. The molecule has 0 aromatic heterocycles. The van der Waals surface area contributed by atoms with Crippen molar-refractivity contribution in [2.24, 2.45) is 0 Å². The van der Waals surface area contributed by atoms with Gasteiger partial charge in [0.05, 0.1) is 5.56 Å². The molecule has 2 nitrogen and oxygen atoms in total. The van der Waals surface area contributed by atoms with Crippen molar-refractivity contribution in [2.45, 2.75) is 47.8 Å². The Bertz CT molecular complexity index is 1200. The van der Waals surface area contributed by atoms with Crippen molar-refractivity contribution >= 4 is 46.3 Å². The zero-order valence-electron chi connectivity index (χ0n) is 17.3. The molecule has 0 aliphatic rings. The van der Waals surface area contributed by atoms with E-state index in [1.807, 2.05) is 0 Å². The van der Waals surface area contributed by atoms with Gasteiger partial charge in [0.2, 0.25) is 0 Å². The number of carbonyl (C=O) groups is 1. The molecular formula is C19H8F17NaO2. The Kier molecular flexibility index (Phi) is 9.08. The predicted molar refractivity (Wildman–Crippen MR) is 97.2 cm³/mol. The zero-order chi connectivity index (χ0) is 30.0. The Morgan fingerprint density at radius 3 is 1.36 bits per heavy atom. The van der Waals surface area contributed by atoms with E-state index in [9.17, 15) is 79.4 Å². The van der Waals surface area contributed by atoms with Gasteiger partial charge < -0.3 is 4.74 Å². The third kappa shape index (κ3) is 5.02. The summed E-state index contributed by atoms with van der Waals surface area (Å²) in [7, 11) is 0. The molecule has 0 fully saturated rings. The van der Waals surface area contributed by atoms with Crippen molar-refractivity contribution < 1.29 is 84.2 Å². The van der Waals surface area contributed by atoms with Gasteiger partial charge in [0, 0.05) is 0 Å². The number of benzene rings is 2. The second kappa shape index (κ2) is 10.1. The zero-order valence-corrected chi connectivity index (χ0v) is 17.3. The third-order valence-electron chi connectivity index (χ3n) is 4.92. The van der Waals surface area contributed by atoms with Gasteiger partial charge in [0.15, 0.2) is 0 Å². The van der Waals surface area contributed by atoms with E-state index in [0.29, 0.717) is 6.07 Å². The predicted octanol–water partition coefficient (Wildman–Crippen LogP) is 7.32. The number of hydrogen-bond donors (Lipinski definition) is 0. The van der Waals surface area contributed by atoms with E-state index in [-0.39, 0.29) is 34.9 Å². The summed E-state index contributed by atoms with van der Waals surface area (Å²) in [4.78, 5) is 11.9. The average Bonchev–Trinajstić information content (AvgIpc) is 2.76. The van der Waals surface area contributed by atoms with E-state index in [4.69, 9.17) is 0 Å². The fourth-order valence-corrected chi connectivity index (χ4v) is 2.79. The minimum atomic E-state index is -8.76. The maximum atomic E-state index is 13.9. The minimum absolute atomic E-state index is 0. The molecule has 0 amide bonds. The standard InChI is InChI=1S/C19H7F17O2.Na.H/c20-12(21,14(24,25)16(28,29)18(32,33)34)13(22,23)15(26,27)17(30,31)19(35,36)38-11(37)10-7-3-5-8-4-1-2-6-9(8)10;;/h1-7H;;. The fraction of sp³-hybridized carbons (Fsp3) is 0.421. The number of halogens is 17. The fourth-order valence-electron chi connectivity index (χ4n) is 2.79. The van der Waals surface area contributed by atoms with Gasteiger partial charge in [0.1, 0.15) is 0 Å². The van der Waals surface area contributed by atoms with Crippen LogP contribution in [0.1, 0.15) is 10.4 Å². The first-order valence-corrected chi connectivity index (χ1v) is 9.15. The van der Waals surface area contributed by atoms with Crippen molar-refractivity contribution in [1.29, 1.82) is 0 Å². The second-order valence-electron chi connectivity index (χ2n) is 7.38. The van der Waals surface area contributed by atoms with Crippen LogP contribution >= 0.6 is 0 Å². The van der Waals surface area contributed by atoms with Gasteiger partial charge in [-0.3, -0.25) is 0 Å². The molecule has 2 aromatic rings. The molecule has 0 spiro atoms. The molecule has 39 heavy (non-hydrogen) atoms. The molecule has 0 bridgehead atoms. The van der Waals surface area contributed by atoms with Gasteiger partial charge in [-0.1, -0.05) is 36.4 Å². The Morgan fingerprint density at radius 2 is 0.897 bits per heavy atom. The summed E-state index contributed by atoms with van der Waals surface area (Å²) in [6.07, 6.45) is -15.1. The number of carbonyl (C=O) groups excluding carboxylic acids is 1. The number of rotatable bonds is 8. The monoisotopic (exact) mass is 614 g/mol. The van der Waals surface area contributed by atoms with E-state index >= 15 is 0 Å². The van der Waals surface area contributed by atoms with Crippen LogP contribution in [0.3, 0.4) is 0 Å². The number of esters is 1. The molecule has 0 N–H and O–H groups in total. The summed E-state index contributed by atoms with van der Waals surface area (Å²) in [6, 6.07) is 7.19. The molecule has 0 saturated heterocycles. The van der Waals surface area contributed by atoms with E-state index in [1.54, 1.807) is 0 Å². The van der Waals surface area contributed by atoms with Gasteiger partial charge in [-0.2, -0.15) is 74.6 Å². The molecule has 2 aromatic carbocycles. The summed E-state index contributed by atoms with van der Waals surface area (Å²) >= 11 is 0. The molecule has 0 aliphatic heterocycles. The Balaban J connectivity index is 0.00000760. The van der Waals surface area contributed by atoms with Crippen molar-refractivity contribution in [1.82, 2.24) is 0 Å². The molecule has 0 aliphatic carbocycles. The third-order valence-corrected chi connectivity index (χ3v) is 4.92. The van der Waals surface area contributed by atoms with Gasteiger partial charge in [-0.05, 0) is 16.8 Å². The molecular weight excluding hydrogens is 606 g/mol. The Hall–Kier alpha value is -2.02. The summed E-state index contributed by atoms with van der Waals surface area (Å²) in [6.45, 7) is 0. The molecule has 20 heteroatoms. The second-order valence-corrected chi connectivity index (χ2v) is 7.38. The first-order chi connectivity index (χ1) is 16.7. The molecule has 0 saturated carbocycles. The number of hydrogen-bond acceptors (Lipinski definition) is 2. The van der Waals surface area contributed by atoms with Crippen LogP contribution in [-0.4, -0.2) is 83.3 Å². The molecule has 0 unspecified atom stereocenters. The summed E-state index contributed by atoms with van der Waals surface area (Å²) in [5, 5.41) is -0.391. The van der Waals surface area contributed by atoms with Gasteiger partial charge >= 0.3 is 83.3 Å². The van der Waals surface area contributed by atoms with E-state index < -0.39 is 64.7 Å². The first-order valence-electron chi connectivity index (χ1n) is 9.15. The Labute approximate surface area is 226 Å². The molecule has 216 valence electrons. The topological polar surface area (TPSA) is 26.3 Å². The van der Waals surface area contributed by atoms with Crippen LogP contribution in [0.25, 0.3) is 10.8 Å². The van der Waals surface area contributed by atoms with Crippen molar-refractivity contribution in [3.63, 3.8) is 0 Å². The molecule has 0 radical (unpaired) electrons. The van der Waals surface area contributed by atoms with E-state index in [1.165, 1.54) is 18.2 Å². The van der Waals surface area contributed by atoms with Crippen molar-refractivity contribution in [2.75, 3.05) is 0 Å². The first kappa shape index (κ1) is 35.0. The van der Waals surface area contributed by atoms with E-state index in [2.05, 4.69) is 4.74 Å². The summed E-state index contributed by atoms with van der Waals surface area (Å²) in [5.74, 6) is -53.7. The SMILES string of the molecule is O=C(OC(F)(F)C(F)(F)C(F)(F)C(F)(F)C(F)(F)C(F)(F)C(F)(F)C(F)(F)F)c1cccc2ccccc12.[NaH]. The van der Waals surface area contributed by atoms with Crippen LogP contribution in [0, 0.1) is 0 Å². The molecule has 0 heterocycles.